The predicted octanol–water partition coefficient (Wildman–Crippen LogP) is 3.43. The summed E-state index contributed by atoms with van der Waals surface area (Å²) < 4.78 is 6.30. The summed E-state index contributed by atoms with van der Waals surface area (Å²) in [6, 6.07) is 14.2. The molecule has 0 unspecified atom stereocenters. The normalized spacial score (nSPS) is 9.91. The molecule has 0 heterocycles. The number of rotatable bonds is 5. The number of halogens is 1. The molecule has 0 atom stereocenters. The first kappa shape index (κ1) is 16.0. The SMILES string of the molecule is CC(=O)Nc1cccc(OCC(=O)Nc2cccc(Br)c2)c1. The summed E-state index contributed by atoms with van der Waals surface area (Å²) in [5.41, 5.74) is 1.31. The minimum absolute atomic E-state index is 0.115. The van der Waals surface area contributed by atoms with E-state index in [-0.39, 0.29) is 18.4 Å². The van der Waals surface area contributed by atoms with E-state index in [1.165, 1.54) is 6.92 Å². The van der Waals surface area contributed by atoms with Crippen LogP contribution in [0, 0.1) is 0 Å². The number of carbonyl (C=O) groups is 2. The number of nitrogens with one attached hydrogen (secondary N) is 2. The van der Waals surface area contributed by atoms with Crippen molar-refractivity contribution >= 4 is 39.1 Å². The van der Waals surface area contributed by atoms with E-state index >= 15 is 0 Å². The molecular weight excluding hydrogens is 348 g/mol. The van der Waals surface area contributed by atoms with Crippen LogP contribution in [-0.2, 0) is 9.59 Å². The van der Waals surface area contributed by atoms with E-state index in [9.17, 15) is 9.59 Å². The van der Waals surface area contributed by atoms with Gasteiger partial charge in [0.25, 0.3) is 5.91 Å². The first-order valence-electron chi connectivity index (χ1n) is 6.59. The molecule has 2 aromatic carbocycles. The van der Waals surface area contributed by atoms with Crippen LogP contribution in [-0.4, -0.2) is 18.4 Å². The topological polar surface area (TPSA) is 67.4 Å². The van der Waals surface area contributed by atoms with Crippen LogP contribution < -0.4 is 15.4 Å². The third kappa shape index (κ3) is 5.21. The van der Waals surface area contributed by atoms with E-state index in [0.717, 1.165) is 4.47 Å². The number of benzene rings is 2. The maximum absolute atomic E-state index is 11.8. The molecule has 0 bridgehead atoms. The number of hydrogen-bond acceptors (Lipinski definition) is 3. The third-order valence-electron chi connectivity index (χ3n) is 2.63. The second kappa shape index (κ2) is 7.61. The summed E-state index contributed by atoms with van der Waals surface area (Å²) in [6.07, 6.45) is 0. The van der Waals surface area contributed by atoms with Crippen LogP contribution in [0.5, 0.6) is 5.75 Å². The van der Waals surface area contributed by atoms with Crippen LogP contribution in [0.15, 0.2) is 53.0 Å². The molecule has 0 saturated heterocycles. The van der Waals surface area contributed by atoms with Gasteiger partial charge in [-0.3, -0.25) is 9.59 Å². The highest BCUT2D eigenvalue weighted by atomic mass is 79.9. The van der Waals surface area contributed by atoms with Gasteiger partial charge in [0.1, 0.15) is 5.75 Å². The van der Waals surface area contributed by atoms with E-state index in [1.54, 1.807) is 36.4 Å². The van der Waals surface area contributed by atoms with Crippen LogP contribution in [0.25, 0.3) is 0 Å². The zero-order valence-electron chi connectivity index (χ0n) is 11.9. The smallest absolute Gasteiger partial charge is 0.262 e. The van der Waals surface area contributed by atoms with Gasteiger partial charge in [-0.25, -0.2) is 0 Å². The van der Waals surface area contributed by atoms with Crippen molar-refractivity contribution in [2.75, 3.05) is 17.2 Å². The van der Waals surface area contributed by atoms with Gasteiger partial charge < -0.3 is 15.4 Å². The Labute approximate surface area is 136 Å². The molecule has 0 spiro atoms. The maximum Gasteiger partial charge on any atom is 0.262 e. The van der Waals surface area contributed by atoms with E-state index < -0.39 is 0 Å². The molecule has 5 nitrogen and oxygen atoms in total. The zero-order chi connectivity index (χ0) is 15.9. The lowest BCUT2D eigenvalue weighted by atomic mass is 10.3. The Hall–Kier alpha value is -2.34. The van der Waals surface area contributed by atoms with Gasteiger partial charge >= 0.3 is 0 Å². The highest BCUT2D eigenvalue weighted by Gasteiger charge is 2.05. The molecule has 22 heavy (non-hydrogen) atoms. The highest BCUT2D eigenvalue weighted by molar-refractivity contribution is 9.10. The number of hydrogen-bond donors (Lipinski definition) is 2. The van der Waals surface area contributed by atoms with Crippen molar-refractivity contribution < 1.29 is 14.3 Å². The number of amides is 2. The van der Waals surface area contributed by atoms with Gasteiger partial charge in [-0.2, -0.15) is 0 Å². The van der Waals surface area contributed by atoms with Crippen molar-refractivity contribution in [1.29, 1.82) is 0 Å². The standard InChI is InChI=1S/C16H15BrN2O3/c1-11(20)18-14-6-3-7-15(9-14)22-10-16(21)19-13-5-2-4-12(17)8-13/h2-9H,10H2,1H3,(H,18,20)(H,19,21). The Morgan fingerprint density at radius 1 is 1.05 bits per heavy atom. The van der Waals surface area contributed by atoms with E-state index in [1.807, 2.05) is 12.1 Å². The summed E-state index contributed by atoms with van der Waals surface area (Å²) in [5, 5.41) is 5.39. The van der Waals surface area contributed by atoms with Crippen LogP contribution in [0.2, 0.25) is 0 Å². The molecule has 0 saturated carbocycles. The average molecular weight is 363 g/mol. The van der Waals surface area contributed by atoms with Gasteiger partial charge in [-0.05, 0) is 30.3 Å². The van der Waals surface area contributed by atoms with Crippen LogP contribution in [0.4, 0.5) is 11.4 Å². The molecule has 2 rings (SSSR count). The molecule has 2 N–H and O–H groups in total. The molecule has 6 heteroatoms. The molecular formula is C16H15BrN2O3. The Kier molecular flexibility index (Phi) is 5.55. The van der Waals surface area contributed by atoms with Gasteiger partial charge in [0, 0.05) is 28.8 Å². The maximum atomic E-state index is 11.8. The van der Waals surface area contributed by atoms with Gasteiger partial charge in [0.15, 0.2) is 6.61 Å². The molecule has 0 radical (unpaired) electrons. The molecule has 2 aromatic rings. The quantitative estimate of drug-likeness (QED) is 0.855. The van der Waals surface area contributed by atoms with Crippen molar-refractivity contribution in [1.82, 2.24) is 0 Å². The molecule has 0 fully saturated rings. The van der Waals surface area contributed by atoms with Gasteiger partial charge in [0.2, 0.25) is 5.91 Å². The first-order chi connectivity index (χ1) is 10.5. The van der Waals surface area contributed by atoms with E-state index in [2.05, 4.69) is 26.6 Å². The fourth-order valence-corrected chi connectivity index (χ4v) is 2.18. The molecule has 0 aromatic heterocycles. The second-order valence-electron chi connectivity index (χ2n) is 4.56. The van der Waals surface area contributed by atoms with Gasteiger partial charge in [-0.15, -0.1) is 0 Å². The Balaban J connectivity index is 1.89. The zero-order valence-corrected chi connectivity index (χ0v) is 13.5. The van der Waals surface area contributed by atoms with Gasteiger partial charge in [0.05, 0.1) is 0 Å². The Morgan fingerprint density at radius 2 is 1.73 bits per heavy atom. The summed E-state index contributed by atoms with van der Waals surface area (Å²) in [7, 11) is 0. The van der Waals surface area contributed by atoms with Crippen LogP contribution in [0.1, 0.15) is 6.92 Å². The predicted molar refractivity (Wildman–Crippen MR) is 89.0 cm³/mol. The van der Waals surface area contributed by atoms with Crippen molar-refractivity contribution in [2.24, 2.45) is 0 Å². The fraction of sp³-hybridized carbons (Fsp3) is 0.125. The first-order valence-corrected chi connectivity index (χ1v) is 7.38. The number of anilines is 2. The van der Waals surface area contributed by atoms with Crippen molar-refractivity contribution in [3.05, 3.63) is 53.0 Å². The van der Waals surface area contributed by atoms with Crippen LogP contribution >= 0.6 is 15.9 Å². The summed E-state index contributed by atoms with van der Waals surface area (Å²) in [6.45, 7) is 1.31. The lowest BCUT2D eigenvalue weighted by Gasteiger charge is -2.09. The van der Waals surface area contributed by atoms with E-state index in [4.69, 9.17) is 4.74 Å². The Bertz CT molecular complexity index is 689. The summed E-state index contributed by atoms with van der Waals surface area (Å²) in [4.78, 5) is 22.8. The number of ether oxygens (including phenoxy) is 1. The minimum Gasteiger partial charge on any atom is -0.484 e. The molecule has 0 aliphatic rings. The molecule has 0 aliphatic carbocycles. The molecule has 2 amide bonds. The number of carbonyl (C=O) groups excluding carboxylic acids is 2. The Morgan fingerprint density at radius 3 is 2.41 bits per heavy atom. The van der Waals surface area contributed by atoms with Gasteiger partial charge in [-0.1, -0.05) is 28.1 Å². The van der Waals surface area contributed by atoms with Crippen molar-refractivity contribution in [3.8, 4) is 5.75 Å². The van der Waals surface area contributed by atoms with E-state index in [0.29, 0.717) is 17.1 Å². The fourth-order valence-electron chi connectivity index (χ4n) is 1.78. The largest absolute Gasteiger partial charge is 0.484 e. The van der Waals surface area contributed by atoms with Crippen molar-refractivity contribution in [2.45, 2.75) is 6.92 Å². The lowest BCUT2D eigenvalue weighted by molar-refractivity contribution is -0.118. The minimum atomic E-state index is -0.261. The molecule has 114 valence electrons. The third-order valence-corrected chi connectivity index (χ3v) is 3.13. The average Bonchev–Trinajstić information content (AvgIpc) is 2.45. The lowest BCUT2D eigenvalue weighted by Crippen LogP contribution is -2.20. The van der Waals surface area contributed by atoms with Crippen molar-refractivity contribution in [3.63, 3.8) is 0 Å². The summed E-state index contributed by atoms with van der Waals surface area (Å²) in [5.74, 6) is 0.0863. The summed E-state index contributed by atoms with van der Waals surface area (Å²) >= 11 is 3.34. The monoisotopic (exact) mass is 362 g/mol. The second-order valence-corrected chi connectivity index (χ2v) is 5.47. The highest BCUT2D eigenvalue weighted by Crippen LogP contribution is 2.18. The molecule has 0 aliphatic heterocycles. The van der Waals surface area contributed by atoms with Crippen LogP contribution in [0.3, 0.4) is 0 Å².